The number of aromatic hydroxyl groups is 2. The second-order valence-electron chi connectivity index (χ2n) is 4.66. The highest BCUT2D eigenvalue weighted by Crippen LogP contribution is 2.22. The lowest BCUT2D eigenvalue weighted by molar-refractivity contribution is 0.0934. The fourth-order valence-corrected chi connectivity index (χ4v) is 1.91. The number of hydrogen-bond acceptors (Lipinski definition) is 3. The highest BCUT2D eigenvalue weighted by molar-refractivity contribution is 6.18. The minimum atomic E-state index is -0.390. The van der Waals surface area contributed by atoms with Gasteiger partial charge in [0.05, 0.1) is 5.56 Å². The van der Waals surface area contributed by atoms with Gasteiger partial charge in [-0.2, -0.15) is 0 Å². The molecule has 1 aromatic carbocycles. The molecular formula is C13H18ClNO3. The fourth-order valence-electron chi connectivity index (χ4n) is 1.70. The molecule has 1 unspecified atom stereocenters. The van der Waals surface area contributed by atoms with Gasteiger partial charge < -0.3 is 15.5 Å². The van der Waals surface area contributed by atoms with Gasteiger partial charge >= 0.3 is 0 Å². The molecule has 0 aliphatic heterocycles. The van der Waals surface area contributed by atoms with Crippen molar-refractivity contribution < 1.29 is 15.0 Å². The number of alkyl halides is 1. The zero-order valence-corrected chi connectivity index (χ0v) is 11.2. The molecule has 1 amide bonds. The summed E-state index contributed by atoms with van der Waals surface area (Å²) in [5.41, 5.74) is 0.131. The largest absolute Gasteiger partial charge is 0.508 e. The number of nitrogens with one attached hydrogen (secondary N) is 1. The Labute approximate surface area is 112 Å². The lowest BCUT2D eigenvalue weighted by Gasteiger charge is -2.18. The molecular weight excluding hydrogens is 254 g/mol. The molecule has 0 saturated heterocycles. The lowest BCUT2D eigenvalue weighted by atomic mass is 10.0. The number of amides is 1. The van der Waals surface area contributed by atoms with Gasteiger partial charge in [-0.15, -0.1) is 11.6 Å². The molecule has 1 rings (SSSR count). The molecule has 18 heavy (non-hydrogen) atoms. The quantitative estimate of drug-likeness (QED) is 0.721. The van der Waals surface area contributed by atoms with Gasteiger partial charge in [-0.1, -0.05) is 13.8 Å². The first kappa shape index (κ1) is 14.6. The van der Waals surface area contributed by atoms with Crippen LogP contribution in [-0.4, -0.2) is 28.0 Å². The van der Waals surface area contributed by atoms with Crippen molar-refractivity contribution in [1.29, 1.82) is 0 Å². The third kappa shape index (κ3) is 4.11. The molecule has 0 spiro atoms. The zero-order valence-electron chi connectivity index (χ0n) is 10.5. The molecule has 100 valence electrons. The maximum atomic E-state index is 11.9. The summed E-state index contributed by atoms with van der Waals surface area (Å²) in [6.45, 7) is 4.09. The van der Waals surface area contributed by atoms with Crippen molar-refractivity contribution in [2.24, 2.45) is 5.92 Å². The molecule has 4 nitrogen and oxygen atoms in total. The van der Waals surface area contributed by atoms with E-state index in [1.54, 1.807) is 0 Å². The highest BCUT2D eigenvalue weighted by Gasteiger charge is 2.17. The van der Waals surface area contributed by atoms with E-state index in [1.165, 1.54) is 12.1 Å². The van der Waals surface area contributed by atoms with Crippen LogP contribution >= 0.6 is 11.6 Å². The molecule has 0 aliphatic rings. The highest BCUT2D eigenvalue weighted by atomic mass is 35.5. The summed E-state index contributed by atoms with van der Waals surface area (Å²) in [6, 6.07) is 3.73. The predicted molar refractivity (Wildman–Crippen MR) is 71.2 cm³/mol. The minimum Gasteiger partial charge on any atom is -0.508 e. The van der Waals surface area contributed by atoms with Crippen molar-refractivity contribution in [3.63, 3.8) is 0 Å². The summed E-state index contributed by atoms with van der Waals surface area (Å²) in [4.78, 5) is 11.9. The molecule has 0 aromatic heterocycles. The SMILES string of the molecule is CC(C)CC(CCl)NC(=O)c1ccc(O)cc1O. The van der Waals surface area contributed by atoms with Crippen LogP contribution in [0.3, 0.4) is 0 Å². The van der Waals surface area contributed by atoms with Crippen LogP contribution in [-0.2, 0) is 0 Å². The summed E-state index contributed by atoms with van der Waals surface area (Å²) < 4.78 is 0. The average Bonchev–Trinajstić information content (AvgIpc) is 2.27. The second kappa shape index (κ2) is 6.50. The van der Waals surface area contributed by atoms with Crippen LogP contribution in [0, 0.1) is 5.92 Å². The van der Waals surface area contributed by atoms with Crippen LogP contribution in [0.2, 0.25) is 0 Å². The summed E-state index contributed by atoms with van der Waals surface area (Å²) in [7, 11) is 0. The first-order valence-corrected chi connectivity index (χ1v) is 6.36. The number of benzene rings is 1. The minimum absolute atomic E-state index is 0.0832. The first-order chi connectivity index (χ1) is 8.43. The summed E-state index contributed by atoms with van der Waals surface area (Å²) in [5.74, 6) is 0.0229. The van der Waals surface area contributed by atoms with Crippen molar-refractivity contribution in [2.45, 2.75) is 26.3 Å². The predicted octanol–water partition coefficient (Wildman–Crippen LogP) is 2.48. The molecule has 0 heterocycles. The van der Waals surface area contributed by atoms with Crippen molar-refractivity contribution in [3.8, 4) is 11.5 Å². The van der Waals surface area contributed by atoms with Gasteiger partial charge in [0.25, 0.3) is 5.91 Å². The Hall–Kier alpha value is -1.42. The van der Waals surface area contributed by atoms with Gasteiger partial charge in [0.15, 0.2) is 0 Å². The Bertz CT molecular complexity index is 421. The van der Waals surface area contributed by atoms with E-state index in [4.69, 9.17) is 16.7 Å². The molecule has 0 saturated carbocycles. The third-order valence-corrected chi connectivity index (χ3v) is 2.88. The molecule has 0 bridgehead atoms. The molecule has 0 radical (unpaired) electrons. The lowest BCUT2D eigenvalue weighted by Crippen LogP contribution is -2.37. The molecule has 3 N–H and O–H groups in total. The topological polar surface area (TPSA) is 69.6 Å². The van der Waals surface area contributed by atoms with Gasteiger partial charge in [0, 0.05) is 18.0 Å². The fraction of sp³-hybridized carbons (Fsp3) is 0.462. The van der Waals surface area contributed by atoms with Gasteiger partial charge in [0.2, 0.25) is 0 Å². The van der Waals surface area contributed by atoms with Gasteiger partial charge in [-0.3, -0.25) is 4.79 Å². The number of phenolic OH excluding ortho intramolecular Hbond substituents is 2. The first-order valence-electron chi connectivity index (χ1n) is 5.82. The number of carbonyl (C=O) groups excluding carboxylic acids is 1. The van der Waals surface area contributed by atoms with E-state index in [0.717, 1.165) is 12.5 Å². The average molecular weight is 272 g/mol. The summed E-state index contributed by atoms with van der Waals surface area (Å²) in [5, 5.41) is 21.5. The smallest absolute Gasteiger partial charge is 0.255 e. The summed E-state index contributed by atoms with van der Waals surface area (Å²) >= 11 is 5.79. The maximum Gasteiger partial charge on any atom is 0.255 e. The molecule has 1 aromatic rings. The number of rotatable bonds is 5. The molecule has 5 heteroatoms. The number of hydrogen-bond donors (Lipinski definition) is 3. The second-order valence-corrected chi connectivity index (χ2v) is 4.96. The Kier molecular flexibility index (Phi) is 5.28. The van der Waals surface area contributed by atoms with Crippen LogP contribution in [0.4, 0.5) is 0 Å². The van der Waals surface area contributed by atoms with E-state index in [0.29, 0.717) is 11.8 Å². The number of halogens is 1. The van der Waals surface area contributed by atoms with Crippen LogP contribution in [0.5, 0.6) is 11.5 Å². The van der Waals surface area contributed by atoms with Crippen LogP contribution in [0.15, 0.2) is 18.2 Å². The molecule has 1 atom stereocenters. The van der Waals surface area contributed by atoms with E-state index >= 15 is 0 Å². The third-order valence-electron chi connectivity index (χ3n) is 2.50. The van der Waals surface area contributed by atoms with Crippen LogP contribution in [0.1, 0.15) is 30.6 Å². The van der Waals surface area contributed by atoms with Gasteiger partial charge in [0.1, 0.15) is 11.5 Å². The normalized spacial score (nSPS) is 12.4. The Morgan fingerprint density at radius 1 is 1.39 bits per heavy atom. The molecule has 0 fully saturated rings. The number of phenols is 2. The van der Waals surface area contributed by atoms with E-state index in [1.807, 2.05) is 13.8 Å². The van der Waals surface area contributed by atoms with Crippen molar-refractivity contribution >= 4 is 17.5 Å². The van der Waals surface area contributed by atoms with E-state index in [2.05, 4.69) is 5.32 Å². The Morgan fingerprint density at radius 3 is 2.56 bits per heavy atom. The van der Waals surface area contributed by atoms with E-state index in [-0.39, 0.29) is 29.0 Å². The van der Waals surface area contributed by atoms with Gasteiger partial charge in [-0.05, 0) is 24.5 Å². The summed E-state index contributed by atoms with van der Waals surface area (Å²) in [6.07, 6.45) is 0.772. The van der Waals surface area contributed by atoms with Crippen LogP contribution < -0.4 is 5.32 Å². The van der Waals surface area contributed by atoms with Gasteiger partial charge in [-0.25, -0.2) is 0 Å². The Morgan fingerprint density at radius 2 is 2.06 bits per heavy atom. The maximum absolute atomic E-state index is 11.9. The van der Waals surface area contributed by atoms with Crippen LogP contribution in [0.25, 0.3) is 0 Å². The van der Waals surface area contributed by atoms with Crippen molar-refractivity contribution in [1.82, 2.24) is 5.32 Å². The number of carbonyl (C=O) groups is 1. The van der Waals surface area contributed by atoms with E-state index < -0.39 is 0 Å². The molecule has 0 aliphatic carbocycles. The van der Waals surface area contributed by atoms with Crippen molar-refractivity contribution in [3.05, 3.63) is 23.8 Å². The Balaban J connectivity index is 2.74. The van der Waals surface area contributed by atoms with E-state index in [9.17, 15) is 9.90 Å². The standard InChI is InChI=1S/C13H18ClNO3/c1-8(2)5-9(7-14)15-13(18)11-4-3-10(16)6-12(11)17/h3-4,6,8-9,16-17H,5,7H2,1-2H3,(H,15,18). The zero-order chi connectivity index (χ0) is 13.7. The monoisotopic (exact) mass is 271 g/mol. The van der Waals surface area contributed by atoms with Crippen molar-refractivity contribution in [2.75, 3.05) is 5.88 Å².